The molecule has 0 aliphatic heterocycles. The van der Waals surface area contributed by atoms with Gasteiger partial charge in [0, 0.05) is 17.8 Å². The molecule has 0 saturated carbocycles. The highest BCUT2D eigenvalue weighted by Gasteiger charge is 2.13. The summed E-state index contributed by atoms with van der Waals surface area (Å²) in [6.45, 7) is 1.73. The molecule has 2 rings (SSSR count). The van der Waals surface area contributed by atoms with Crippen molar-refractivity contribution >= 4 is 11.7 Å². The molecule has 0 aliphatic carbocycles. The van der Waals surface area contributed by atoms with Gasteiger partial charge in [-0.25, -0.2) is 13.6 Å². The second-order valence-electron chi connectivity index (χ2n) is 4.52. The van der Waals surface area contributed by atoms with E-state index in [-0.39, 0.29) is 12.1 Å². The predicted octanol–water partition coefficient (Wildman–Crippen LogP) is 3.67. The van der Waals surface area contributed by atoms with Crippen LogP contribution >= 0.6 is 0 Å². The van der Waals surface area contributed by atoms with Crippen molar-refractivity contribution in [2.24, 2.45) is 0 Å². The SMILES string of the molecule is COC(=O)c1cccc(NCc2c(F)cccc2F)c1C. The van der Waals surface area contributed by atoms with E-state index in [1.165, 1.54) is 25.3 Å². The standard InChI is InChI=1S/C16H15F2NO2/c1-10-11(16(20)21-2)5-3-8-15(10)19-9-12-13(17)6-4-7-14(12)18/h3-8,19H,9H2,1-2H3. The normalized spacial score (nSPS) is 10.3. The minimum Gasteiger partial charge on any atom is -0.465 e. The largest absolute Gasteiger partial charge is 0.465 e. The van der Waals surface area contributed by atoms with Gasteiger partial charge in [0.25, 0.3) is 0 Å². The Morgan fingerprint density at radius 2 is 1.76 bits per heavy atom. The van der Waals surface area contributed by atoms with Crippen LogP contribution in [0.4, 0.5) is 14.5 Å². The third-order valence-electron chi connectivity index (χ3n) is 3.26. The number of carbonyl (C=O) groups is 1. The van der Waals surface area contributed by atoms with Crippen molar-refractivity contribution in [1.29, 1.82) is 0 Å². The number of ether oxygens (including phenoxy) is 1. The molecule has 5 heteroatoms. The fraction of sp³-hybridized carbons (Fsp3) is 0.188. The Balaban J connectivity index is 2.23. The lowest BCUT2D eigenvalue weighted by Crippen LogP contribution is -2.09. The van der Waals surface area contributed by atoms with Gasteiger partial charge in [0.1, 0.15) is 11.6 Å². The number of carbonyl (C=O) groups excluding carboxylic acids is 1. The number of hydrogen-bond donors (Lipinski definition) is 1. The number of benzene rings is 2. The first-order valence-electron chi connectivity index (χ1n) is 6.39. The summed E-state index contributed by atoms with van der Waals surface area (Å²) in [6, 6.07) is 8.78. The summed E-state index contributed by atoms with van der Waals surface area (Å²) < 4.78 is 31.8. The Labute approximate surface area is 121 Å². The minimum atomic E-state index is -0.607. The van der Waals surface area contributed by atoms with Crippen LogP contribution in [-0.2, 0) is 11.3 Å². The Kier molecular flexibility index (Phi) is 4.52. The lowest BCUT2D eigenvalue weighted by atomic mass is 10.1. The smallest absolute Gasteiger partial charge is 0.338 e. The van der Waals surface area contributed by atoms with E-state index in [0.29, 0.717) is 16.8 Å². The molecule has 0 unspecified atom stereocenters. The van der Waals surface area contributed by atoms with Crippen LogP contribution in [0.2, 0.25) is 0 Å². The fourth-order valence-corrected chi connectivity index (χ4v) is 2.04. The molecule has 0 heterocycles. The topological polar surface area (TPSA) is 38.3 Å². The molecule has 21 heavy (non-hydrogen) atoms. The van der Waals surface area contributed by atoms with Gasteiger partial charge in [-0.2, -0.15) is 0 Å². The van der Waals surface area contributed by atoms with Gasteiger partial charge in [0.2, 0.25) is 0 Å². The van der Waals surface area contributed by atoms with E-state index in [1.54, 1.807) is 25.1 Å². The number of nitrogens with one attached hydrogen (secondary N) is 1. The zero-order chi connectivity index (χ0) is 15.4. The summed E-state index contributed by atoms with van der Waals surface area (Å²) in [7, 11) is 1.30. The molecule has 0 bridgehead atoms. The summed E-state index contributed by atoms with van der Waals surface area (Å²) in [6.07, 6.45) is 0. The molecule has 0 aliphatic rings. The van der Waals surface area contributed by atoms with Crippen LogP contribution in [0, 0.1) is 18.6 Å². The van der Waals surface area contributed by atoms with Crippen LogP contribution < -0.4 is 5.32 Å². The first-order valence-corrected chi connectivity index (χ1v) is 6.39. The zero-order valence-electron chi connectivity index (χ0n) is 11.7. The molecule has 0 aromatic heterocycles. The summed E-state index contributed by atoms with van der Waals surface area (Å²) in [4.78, 5) is 11.6. The van der Waals surface area contributed by atoms with Gasteiger partial charge in [0.05, 0.1) is 12.7 Å². The third-order valence-corrected chi connectivity index (χ3v) is 3.26. The van der Waals surface area contributed by atoms with Crippen LogP contribution in [0.15, 0.2) is 36.4 Å². The first kappa shape index (κ1) is 15.0. The van der Waals surface area contributed by atoms with Gasteiger partial charge >= 0.3 is 5.97 Å². The Hall–Kier alpha value is -2.43. The summed E-state index contributed by atoms with van der Waals surface area (Å²) in [5.74, 6) is -1.67. The van der Waals surface area contributed by atoms with Gasteiger partial charge in [-0.3, -0.25) is 0 Å². The maximum absolute atomic E-state index is 13.6. The number of anilines is 1. The van der Waals surface area contributed by atoms with Crippen molar-refractivity contribution in [1.82, 2.24) is 0 Å². The molecule has 2 aromatic rings. The van der Waals surface area contributed by atoms with Crippen LogP contribution in [0.3, 0.4) is 0 Å². The first-order chi connectivity index (χ1) is 10.0. The molecule has 110 valence electrons. The van der Waals surface area contributed by atoms with E-state index in [9.17, 15) is 13.6 Å². The van der Waals surface area contributed by atoms with Crippen molar-refractivity contribution in [2.45, 2.75) is 13.5 Å². The van der Waals surface area contributed by atoms with Crippen molar-refractivity contribution in [3.8, 4) is 0 Å². The zero-order valence-corrected chi connectivity index (χ0v) is 11.7. The van der Waals surface area contributed by atoms with Gasteiger partial charge in [0.15, 0.2) is 0 Å². The van der Waals surface area contributed by atoms with E-state index in [0.717, 1.165) is 0 Å². The summed E-state index contributed by atoms with van der Waals surface area (Å²) in [5.41, 5.74) is 1.67. The van der Waals surface area contributed by atoms with Crippen LogP contribution in [0.25, 0.3) is 0 Å². The van der Waals surface area contributed by atoms with Crippen LogP contribution in [0.5, 0.6) is 0 Å². The lowest BCUT2D eigenvalue weighted by molar-refractivity contribution is 0.0600. The van der Waals surface area contributed by atoms with Gasteiger partial charge in [-0.1, -0.05) is 12.1 Å². The van der Waals surface area contributed by atoms with Crippen molar-refractivity contribution in [3.63, 3.8) is 0 Å². The van der Waals surface area contributed by atoms with Crippen molar-refractivity contribution < 1.29 is 18.3 Å². The lowest BCUT2D eigenvalue weighted by Gasteiger charge is -2.13. The van der Waals surface area contributed by atoms with Crippen LogP contribution in [0.1, 0.15) is 21.5 Å². The summed E-state index contributed by atoms with van der Waals surface area (Å²) in [5, 5.41) is 2.94. The summed E-state index contributed by atoms with van der Waals surface area (Å²) >= 11 is 0. The number of hydrogen-bond acceptors (Lipinski definition) is 3. The highest BCUT2D eigenvalue weighted by atomic mass is 19.1. The molecule has 0 fully saturated rings. The molecule has 0 radical (unpaired) electrons. The van der Waals surface area contributed by atoms with E-state index in [2.05, 4.69) is 10.1 Å². The molecular weight excluding hydrogens is 276 g/mol. The Morgan fingerprint density at radius 1 is 1.14 bits per heavy atom. The molecule has 0 amide bonds. The molecule has 2 aromatic carbocycles. The molecule has 0 spiro atoms. The molecule has 0 saturated heterocycles. The van der Waals surface area contributed by atoms with Gasteiger partial charge < -0.3 is 10.1 Å². The Bertz CT molecular complexity index is 651. The maximum atomic E-state index is 13.6. The number of rotatable bonds is 4. The van der Waals surface area contributed by atoms with Crippen LogP contribution in [-0.4, -0.2) is 13.1 Å². The monoisotopic (exact) mass is 291 g/mol. The molecule has 1 N–H and O–H groups in total. The van der Waals surface area contributed by atoms with Crippen molar-refractivity contribution in [3.05, 3.63) is 64.7 Å². The van der Waals surface area contributed by atoms with E-state index < -0.39 is 17.6 Å². The second kappa shape index (κ2) is 6.35. The number of methoxy groups -OCH3 is 1. The predicted molar refractivity (Wildman–Crippen MR) is 76.2 cm³/mol. The maximum Gasteiger partial charge on any atom is 0.338 e. The molecular formula is C16H15F2NO2. The average molecular weight is 291 g/mol. The number of halogens is 2. The van der Waals surface area contributed by atoms with Gasteiger partial charge in [-0.15, -0.1) is 0 Å². The molecule has 0 atom stereocenters. The molecule has 3 nitrogen and oxygen atoms in total. The van der Waals surface area contributed by atoms with Gasteiger partial charge in [-0.05, 0) is 36.8 Å². The van der Waals surface area contributed by atoms with E-state index >= 15 is 0 Å². The Morgan fingerprint density at radius 3 is 2.38 bits per heavy atom. The highest BCUT2D eigenvalue weighted by Crippen LogP contribution is 2.21. The average Bonchev–Trinajstić information content (AvgIpc) is 2.47. The number of esters is 1. The second-order valence-corrected chi connectivity index (χ2v) is 4.52. The fourth-order valence-electron chi connectivity index (χ4n) is 2.04. The third kappa shape index (κ3) is 3.18. The quantitative estimate of drug-likeness (QED) is 0.873. The minimum absolute atomic E-state index is 0.00995. The van der Waals surface area contributed by atoms with E-state index in [1.807, 2.05) is 0 Å². The van der Waals surface area contributed by atoms with Crippen molar-refractivity contribution in [2.75, 3.05) is 12.4 Å². The highest BCUT2D eigenvalue weighted by molar-refractivity contribution is 5.92. The van der Waals surface area contributed by atoms with E-state index in [4.69, 9.17) is 0 Å².